The highest BCUT2D eigenvalue weighted by Crippen LogP contribution is 2.28. The molecule has 0 unspecified atom stereocenters. The molecule has 0 atom stereocenters. The Balaban J connectivity index is 1.49. The van der Waals surface area contributed by atoms with Crippen LogP contribution in [-0.2, 0) is 51.2 Å². The highest BCUT2D eigenvalue weighted by Gasteiger charge is 2.46. The zero-order valence-electron chi connectivity index (χ0n) is 22.3. The lowest BCUT2D eigenvalue weighted by Gasteiger charge is -2.24. The van der Waals surface area contributed by atoms with Crippen LogP contribution in [0.5, 0.6) is 0 Å². The van der Waals surface area contributed by atoms with Gasteiger partial charge in [-0.3, -0.25) is 9.59 Å². The van der Waals surface area contributed by atoms with E-state index in [1.54, 1.807) is 0 Å². The second kappa shape index (κ2) is 20.1. The summed E-state index contributed by atoms with van der Waals surface area (Å²) in [5.74, 6) is -2.83. The van der Waals surface area contributed by atoms with E-state index in [0.29, 0.717) is 52.9 Å². The number of ether oxygens (including phenoxy) is 6. The monoisotopic (exact) mass is 548 g/mol. The van der Waals surface area contributed by atoms with Gasteiger partial charge in [-0.05, 0) is 24.0 Å². The Bertz CT molecular complexity index is 831. The molecule has 0 heterocycles. The predicted molar refractivity (Wildman–Crippen MR) is 142 cm³/mol. The minimum Gasteiger partial charge on any atom is -0.480 e. The van der Waals surface area contributed by atoms with Crippen LogP contribution in [0, 0.1) is 5.41 Å². The molecule has 0 aromatic heterocycles. The van der Waals surface area contributed by atoms with E-state index in [1.165, 1.54) is 0 Å². The molecule has 2 aromatic rings. The minimum atomic E-state index is -1.99. The Morgan fingerprint density at radius 3 is 1.13 bits per heavy atom. The van der Waals surface area contributed by atoms with Crippen molar-refractivity contribution in [2.24, 2.45) is 5.41 Å². The zero-order chi connectivity index (χ0) is 28.0. The molecule has 39 heavy (non-hydrogen) atoms. The molecule has 0 radical (unpaired) electrons. The van der Waals surface area contributed by atoms with Crippen LogP contribution in [0.4, 0.5) is 0 Å². The molecule has 0 fully saturated rings. The van der Waals surface area contributed by atoms with Crippen LogP contribution in [0.3, 0.4) is 0 Å². The van der Waals surface area contributed by atoms with E-state index in [2.05, 4.69) is 0 Å². The third kappa shape index (κ3) is 13.7. The summed E-state index contributed by atoms with van der Waals surface area (Å²) in [5, 5.41) is 19.3. The van der Waals surface area contributed by atoms with E-state index in [9.17, 15) is 19.8 Å². The number of hydrogen-bond acceptors (Lipinski definition) is 8. The first kappa shape index (κ1) is 32.4. The number of benzene rings is 2. The summed E-state index contributed by atoms with van der Waals surface area (Å²) in [5.41, 5.74) is 0.179. The summed E-state index contributed by atoms with van der Waals surface area (Å²) < 4.78 is 32.7. The van der Waals surface area contributed by atoms with Gasteiger partial charge in [-0.15, -0.1) is 0 Å². The number of carboxylic acid groups (broad SMARTS) is 2. The highest BCUT2D eigenvalue weighted by atomic mass is 16.5. The predicted octanol–water partition coefficient (Wildman–Crippen LogP) is 3.42. The van der Waals surface area contributed by atoms with Gasteiger partial charge in [-0.1, -0.05) is 60.7 Å². The maximum atomic E-state index is 11.8. The Kier molecular flexibility index (Phi) is 16.7. The molecular weight excluding hydrogens is 508 g/mol. The molecule has 2 aromatic carbocycles. The van der Waals surface area contributed by atoms with Crippen molar-refractivity contribution in [1.82, 2.24) is 0 Å². The SMILES string of the molecule is O=C(O)C(CCOCCOCCOCc1ccccc1)(CCOCCOCCOCc1ccccc1)C(=O)O. The van der Waals surface area contributed by atoms with Crippen LogP contribution in [0.2, 0.25) is 0 Å². The molecular formula is C29H40O10. The third-order valence-electron chi connectivity index (χ3n) is 5.88. The highest BCUT2D eigenvalue weighted by molar-refractivity contribution is 5.98. The molecule has 0 aliphatic rings. The molecule has 0 aliphatic heterocycles. The average Bonchev–Trinajstić information content (AvgIpc) is 2.94. The van der Waals surface area contributed by atoms with Gasteiger partial charge < -0.3 is 38.6 Å². The van der Waals surface area contributed by atoms with E-state index in [4.69, 9.17) is 28.4 Å². The molecule has 216 valence electrons. The molecule has 0 saturated heterocycles. The van der Waals surface area contributed by atoms with Crippen molar-refractivity contribution in [3.63, 3.8) is 0 Å². The van der Waals surface area contributed by atoms with E-state index < -0.39 is 17.4 Å². The molecule has 10 nitrogen and oxygen atoms in total. The van der Waals surface area contributed by atoms with Crippen LogP contribution < -0.4 is 0 Å². The first-order valence-corrected chi connectivity index (χ1v) is 13.1. The maximum Gasteiger partial charge on any atom is 0.321 e. The van der Waals surface area contributed by atoms with Gasteiger partial charge in [-0.25, -0.2) is 0 Å². The average molecular weight is 549 g/mol. The van der Waals surface area contributed by atoms with Crippen LogP contribution in [0.1, 0.15) is 24.0 Å². The van der Waals surface area contributed by atoms with Crippen molar-refractivity contribution in [1.29, 1.82) is 0 Å². The van der Waals surface area contributed by atoms with Gasteiger partial charge >= 0.3 is 11.9 Å². The maximum absolute atomic E-state index is 11.8. The van der Waals surface area contributed by atoms with Gasteiger partial charge in [0.15, 0.2) is 5.41 Å². The summed E-state index contributed by atoms with van der Waals surface area (Å²) in [6, 6.07) is 19.6. The van der Waals surface area contributed by atoms with E-state index >= 15 is 0 Å². The number of rotatable bonds is 24. The normalized spacial score (nSPS) is 11.5. The molecule has 2 N–H and O–H groups in total. The van der Waals surface area contributed by atoms with Crippen molar-refractivity contribution in [2.45, 2.75) is 26.1 Å². The van der Waals surface area contributed by atoms with Gasteiger partial charge in [0.05, 0.1) is 66.1 Å². The molecule has 0 saturated carbocycles. The number of aliphatic carboxylic acids is 2. The van der Waals surface area contributed by atoms with Crippen molar-refractivity contribution in [3.05, 3.63) is 71.8 Å². The van der Waals surface area contributed by atoms with Crippen LogP contribution in [0.15, 0.2) is 60.7 Å². The second-order valence-corrected chi connectivity index (χ2v) is 8.72. The number of carboxylic acids is 2. The standard InChI is InChI=1S/C29H40O10/c30-27(31)29(28(32)33,11-13-34-15-17-36-19-21-38-23-25-7-3-1-4-8-25)12-14-35-16-18-37-20-22-39-24-26-9-5-2-6-10-26/h1-10H,11-24H2,(H,30,31)(H,32,33). The lowest BCUT2D eigenvalue weighted by molar-refractivity contribution is -0.168. The Labute approximate surface area is 229 Å². The van der Waals surface area contributed by atoms with Gasteiger partial charge in [-0.2, -0.15) is 0 Å². The Morgan fingerprint density at radius 1 is 0.487 bits per heavy atom. The van der Waals surface area contributed by atoms with Crippen molar-refractivity contribution < 1.29 is 48.2 Å². The molecule has 0 bridgehead atoms. The summed E-state index contributed by atoms with van der Waals surface area (Å²) in [4.78, 5) is 23.7. The van der Waals surface area contributed by atoms with Gasteiger partial charge in [0.25, 0.3) is 0 Å². The number of hydrogen-bond donors (Lipinski definition) is 2. The topological polar surface area (TPSA) is 130 Å². The van der Waals surface area contributed by atoms with E-state index in [-0.39, 0.29) is 39.3 Å². The molecule has 0 aliphatic carbocycles. The van der Waals surface area contributed by atoms with E-state index in [0.717, 1.165) is 11.1 Å². The molecule has 2 rings (SSSR count). The molecule has 10 heteroatoms. The summed E-state index contributed by atoms with van der Waals surface area (Å²) in [6.07, 6.45) is -0.368. The lowest BCUT2D eigenvalue weighted by Crippen LogP contribution is -2.41. The van der Waals surface area contributed by atoms with Crippen molar-refractivity contribution in [3.8, 4) is 0 Å². The largest absolute Gasteiger partial charge is 0.480 e. The lowest BCUT2D eigenvalue weighted by atomic mass is 9.81. The fourth-order valence-electron chi connectivity index (χ4n) is 3.55. The van der Waals surface area contributed by atoms with Crippen LogP contribution in [-0.4, -0.2) is 88.2 Å². The quantitative estimate of drug-likeness (QED) is 0.149. The number of carbonyl (C=O) groups is 2. The minimum absolute atomic E-state index is 0.0292. The van der Waals surface area contributed by atoms with Gasteiger partial charge in [0, 0.05) is 13.2 Å². The smallest absolute Gasteiger partial charge is 0.321 e. The van der Waals surface area contributed by atoms with Gasteiger partial charge in [0.2, 0.25) is 0 Å². The first-order chi connectivity index (χ1) is 19.0. The summed E-state index contributed by atoms with van der Waals surface area (Å²) in [6.45, 7) is 3.64. The van der Waals surface area contributed by atoms with Crippen molar-refractivity contribution in [2.75, 3.05) is 66.1 Å². The summed E-state index contributed by atoms with van der Waals surface area (Å²) >= 11 is 0. The Morgan fingerprint density at radius 2 is 0.795 bits per heavy atom. The zero-order valence-corrected chi connectivity index (χ0v) is 22.3. The first-order valence-electron chi connectivity index (χ1n) is 13.1. The third-order valence-corrected chi connectivity index (χ3v) is 5.88. The van der Waals surface area contributed by atoms with Crippen LogP contribution >= 0.6 is 0 Å². The summed E-state index contributed by atoms with van der Waals surface area (Å²) in [7, 11) is 0. The van der Waals surface area contributed by atoms with Crippen LogP contribution in [0.25, 0.3) is 0 Å². The second-order valence-electron chi connectivity index (χ2n) is 8.72. The van der Waals surface area contributed by atoms with Gasteiger partial charge in [0.1, 0.15) is 0 Å². The van der Waals surface area contributed by atoms with Crippen molar-refractivity contribution >= 4 is 11.9 Å². The fraction of sp³-hybridized carbons (Fsp3) is 0.517. The Hall–Kier alpha value is -2.86. The van der Waals surface area contributed by atoms with E-state index in [1.807, 2.05) is 60.7 Å². The fourth-order valence-corrected chi connectivity index (χ4v) is 3.55. The molecule has 0 spiro atoms. The molecule has 0 amide bonds.